The highest BCUT2D eigenvalue weighted by atomic mass is 16.2. The summed E-state index contributed by atoms with van der Waals surface area (Å²) in [7, 11) is 0. The Morgan fingerprint density at radius 2 is 1.75 bits per heavy atom. The lowest BCUT2D eigenvalue weighted by Crippen LogP contribution is -2.38. The highest BCUT2D eigenvalue weighted by molar-refractivity contribution is 5.76. The number of carbonyl (C=O) groups excluding carboxylic acids is 1. The molecule has 0 saturated carbocycles. The Morgan fingerprint density at radius 3 is 2.42 bits per heavy atom. The van der Waals surface area contributed by atoms with Crippen LogP contribution in [0, 0.1) is 12.8 Å². The van der Waals surface area contributed by atoms with Gasteiger partial charge in [0, 0.05) is 19.5 Å². The van der Waals surface area contributed by atoms with Crippen LogP contribution in [-0.2, 0) is 11.2 Å². The van der Waals surface area contributed by atoms with Crippen LogP contribution in [0.3, 0.4) is 0 Å². The van der Waals surface area contributed by atoms with Crippen molar-refractivity contribution in [1.82, 2.24) is 4.90 Å². The van der Waals surface area contributed by atoms with Crippen molar-refractivity contribution in [2.24, 2.45) is 11.7 Å². The van der Waals surface area contributed by atoms with Crippen LogP contribution in [0.15, 0.2) is 24.3 Å². The third kappa shape index (κ3) is 6.64. The van der Waals surface area contributed by atoms with Crippen LogP contribution in [0.1, 0.15) is 62.5 Å². The molecule has 0 spiro atoms. The number of piperidine rings is 1. The van der Waals surface area contributed by atoms with Gasteiger partial charge in [0.1, 0.15) is 0 Å². The van der Waals surface area contributed by atoms with Gasteiger partial charge in [-0.2, -0.15) is 0 Å². The summed E-state index contributed by atoms with van der Waals surface area (Å²) >= 11 is 0. The van der Waals surface area contributed by atoms with Crippen LogP contribution < -0.4 is 5.73 Å². The molecular weight excluding hydrogens is 296 g/mol. The van der Waals surface area contributed by atoms with E-state index in [1.807, 2.05) is 0 Å². The Bertz CT molecular complexity index is 475. The number of likely N-dealkylation sites (tertiary alicyclic amines) is 1. The predicted octanol–water partition coefficient (Wildman–Crippen LogP) is 4.08. The number of nitrogens with two attached hydrogens (primary N) is 1. The second-order valence-electron chi connectivity index (χ2n) is 7.30. The van der Waals surface area contributed by atoms with Gasteiger partial charge >= 0.3 is 0 Å². The maximum Gasteiger partial charge on any atom is 0.222 e. The number of nitrogens with zero attached hydrogens (tertiary/aromatic N) is 1. The molecule has 3 heteroatoms. The SMILES string of the molecule is Cc1ccc(CCC2CCN(C(=O)CCCCCCN)CC2)cc1. The fraction of sp³-hybridized carbons (Fsp3) is 0.667. The van der Waals surface area contributed by atoms with Crippen LogP contribution in [0.4, 0.5) is 0 Å². The minimum absolute atomic E-state index is 0.361. The van der Waals surface area contributed by atoms with Gasteiger partial charge in [-0.3, -0.25) is 4.79 Å². The number of benzene rings is 1. The zero-order valence-electron chi connectivity index (χ0n) is 15.3. The van der Waals surface area contributed by atoms with Crippen molar-refractivity contribution in [2.75, 3.05) is 19.6 Å². The average Bonchev–Trinajstić information content (AvgIpc) is 2.61. The molecule has 0 atom stereocenters. The van der Waals surface area contributed by atoms with E-state index in [2.05, 4.69) is 36.1 Å². The third-order valence-electron chi connectivity index (χ3n) is 5.27. The molecule has 1 aliphatic heterocycles. The minimum atomic E-state index is 0.361. The van der Waals surface area contributed by atoms with Crippen LogP contribution in [0.25, 0.3) is 0 Å². The highest BCUT2D eigenvalue weighted by Gasteiger charge is 2.22. The van der Waals surface area contributed by atoms with Crippen LogP contribution in [0.5, 0.6) is 0 Å². The molecule has 1 aromatic carbocycles. The van der Waals surface area contributed by atoms with E-state index in [1.54, 1.807) is 0 Å². The van der Waals surface area contributed by atoms with Gasteiger partial charge in [-0.15, -0.1) is 0 Å². The van der Waals surface area contributed by atoms with Gasteiger partial charge in [-0.05, 0) is 63.5 Å². The quantitative estimate of drug-likeness (QED) is 0.694. The Balaban J connectivity index is 1.60. The molecule has 1 heterocycles. The van der Waals surface area contributed by atoms with E-state index < -0.39 is 0 Å². The molecule has 134 valence electrons. The molecule has 1 fully saturated rings. The van der Waals surface area contributed by atoms with E-state index in [9.17, 15) is 4.79 Å². The van der Waals surface area contributed by atoms with Crippen LogP contribution in [-0.4, -0.2) is 30.4 Å². The smallest absolute Gasteiger partial charge is 0.222 e. The van der Waals surface area contributed by atoms with Crippen molar-refractivity contribution in [3.63, 3.8) is 0 Å². The number of aryl methyl sites for hydroxylation is 2. The minimum Gasteiger partial charge on any atom is -0.343 e. The molecule has 1 amide bonds. The van der Waals surface area contributed by atoms with E-state index >= 15 is 0 Å². The first kappa shape index (κ1) is 19.0. The number of rotatable bonds is 9. The standard InChI is InChI=1S/C21H34N2O/c1-18-7-9-19(10-8-18)11-12-20-13-16-23(17-14-20)21(24)6-4-2-3-5-15-22/h7-10,20H,2-6,11-17,22H2,1H3. The maximum absolute atomic E-state index is 12.2. The Kier molecular flexibility index (Phi) is 8.31. The number of amides is 1. The fourth-order valence-corrected chi connectivity index (χ4v) is 3.53. The van der Waals surface area contributed by atoms with Gasteiger partial charge in [0.15, 0.2) is 0 Å². The Hall–Kier alpha value is -1.35. The van der Waals surface area contributed by atoms with E-state index in [1.165, 1.54) is 36.8 Å². The molecule has 1 aromatic rings. The Labute approximate surface area is 147 Å². The van der Waals surface area contributed by atoms with Gasteiger partial charge < -0.3 is 10.6 Å². The lowest BCUT2D eigenvalue weighted by atomic mass is 9.90. The van der Waals surface area contributed by atoms with Crippen molar-refractivity contribution in [1.29, 1.82) is 0 Å². The first-order valence-electron chi connectivity index (χ1n) is 9.72. The summed E-state index contributed by atoms with van der Waals surface area (Å²) in [6, 6.07) is 8.89. The second kappa shape index (κ2) is 10.5. The summed E-state index contributed by atoms with van der Waals surface area (Å²) in [5, 5.41) is 0. The average molecular weight is 331 g/mol. The molecule has 24 heavy (non-hydrogen) atoms. The van der Waals surface area contributed by atoms with Crippen molar-refractivity contribution in [2.45, 2.75) is 64.7 Å². The van der Waals surface area contributed by atoms with E-state index in [0.29, 0.717) is 5.91 Å². The van der Waals surface area contributed by atoms with Gasteiger partial charge in [0.25, 0.3) is 0 Å². The molecular formula is C21H34N2O. The largest absolute Gasteiger partial charge is 0.343 e. The van der Waals surface area contributed by atoms with Gasteiger partial charge in [-0.1, -0.05) is 42.7 Å². The monoisotopic (exact) mass is 330 g/mol. The first-order valence-corrected chi connectivity index (χ1v) is 9.72. The zero-order valence-corrected chi connectivity index (χ0v) is 15.3. The molecule has 0 bridgehead atoms. The molecule has 1 saturated heterocycles. The normalized spacial score (nSPS) is 15.7. The molecule has 0 radical (unpaired) electrons. The van der Waals surface area contributed by atoms with Gasteiger partial charge in [-0.25, -0.2) is 0 Å². The highest BCUT2D eigenvalue weighted by Crippen LogP contribution is 2.23. The van der Waals surface area contributed by atoms with Crippen LogP contribution in [0.2, 0.25) is 0 Å². The van der Waals surface area contributed by atoms with E-state index in [0.717, 1.165) is 57.7 Å². The maximum atomic E-state index is 12.2. The molecule has 0 unspecified atom stereocenters. The second-order valence-corrected chi connectivity index (χ2v) is 7.30. The summed E-state index contributed by atoms with van der Waals surface area (Å²) in [5.74, 6) is 1.14. The topological polar surface area (TPSA) is 46.3 Å². The number of carbonyl (C=O) groups is 1. The van der Waals surface area contributed by atoms with Gasteiger partial charge in [0.05, 0.1) is 0 Å². The summed E-state index contributed by atoms with van der Waals surface area (Å²) in [5.41, 5.74) is 8.26. The molecule has 3 nitrogen and oxygen atoms in total. The number of hydrogen-bond acceptors (Lipinski definition) is 2. The van der Waals surface area contributed by atoms with E-state index in [4.69, 9.17) is 5.73 Å². The predicted molar refractivity (Wildman–Crippen MR) is 101 cm³/mol. The summed E-state index contributed by atoms with van der Waals surface area (Å²) in [4.78, 5) is 14.3. The molecule has 0 aromatic heterocycles. The van der Waals surface area contributed by atoms with E-state index in [-0.39, 0.29) is 0 Å². The van der Waals surface area contributed by atoms with Crippen molar-refractivity contribution >= 4 is 5.91 Å². The number of unbranched alkanes of at least 4 members (excludes halogenated alkanes) is 3. The molecule has 0 aliphatic carbocycles. The van der Waals surface area contributed by atoms with Gasteiger partial charge in [0.2, 0.25) is 5.91 Å². The summed E-state index contributed by atoms with van der Waals surface area (Å²) in [6.07, 6.45) is 9.88. The molecule has 2 N–H and O–H groups in total. The van der Waals surface area contributed by atoms with Crippen molar-refractivity contribution in [3.8, 4) is 0 Å². The fourth-order valence-electron chi connectivity index (χ4n) is 3.53. The van der Waals surface area contributed by atoms with Crippen molar-refractivity contribution < 1.29 is 4.79 Å². The Morgan fingerprint density at radius 1 is 1.08 bits per heavy atom. The third-order valence-corrected chi connectivity index (χ3v) is 5.27. The molecule has 1 aliphatic rings. The lowest BCUT2D eigenvalue weighted by molar-refractivity contribution is -0.132. The molecule has 2 rings (SSSR count). The number of hydrogen-bond donors (Lipinski definition) is 1. The first-order chi connectivity index (χ1) is 11.7. The lowest BCUT2D eigenvalue weighted by Gasteiger charge is -2.32. The summed E-state index contributed by atoms with van der Waals surface area (Å²) in [6.45, 7) is 4.82. The van der Waals surface area contributed by atoms with Crippen LogP contribution >= 0.6 is 0 Å². The summed E-state index contributed by atoms with van der Waals surface area (Å²) < 4.78 is 0. The van der Waals surface area contributed by atoms with Crippen molar-refractivity contribution in [3.05, 3.63) is 35.4 Å². The zero-order chi connectivity index (χ0) is 17.2.